The smallest absolute Gasteiger partial charge is 0.319 e. The van der Waals surface area contributed by atoms with Crippen molar-refractivity contribution in [1.29, 1.82) is 0 Å². The van der Waals surface area contributed by atoms with E-state index in [-0.39, 0.29) is 36.9 Å². The standard InChI is InChI=1S/C22H26N4O4/c1-14(2)23-22(29)25-17-9-5-4-8-16(17)24-20(27)12-13-26-18-10-6-7-11-19(18)30-15(3)21(26)28/h4-11,14-15H,12-13H2,1-3H3,(H,24,27)(H2,23,25,29). The molecule has 4 amide bonds. The van der Waals surface area contributed by atoms with Gasteiger partial charge in [0.1, 0.15) is 5.75 Å². The number of rotatable bonds is 6. The zero-order chi connectivity index (χ0) is 21.7. The minimum absolute atomic E-state index is 0.0110. The largest absolute Gasteiger partial charge is 0.479 e. The number of para-hydroxylation sites is 4. The predicted molar refractivity (Wildman–Crippen MR) is 116 cm³/mol. The van der Waals surface area contributed by atoms with Gasteiger partial charge in [-0.1, -0.05) is 24.3 Å². The summed E-state index contributed by atoms with van der Waals surface area (Å²) in [5.41, 5.74) is 1.63. The minimum atomic E-state index is -0.604. The van der Waals surface area contributed by atoms with Crippen LogP contribution in [0.25, 0.3) is 0 Å². The molecule has 0 fully saturated rings. The van der Waals surface area contributed by atoms with Crippen molar-refractivity contribution in [1.82, 2.24) is 5.32 Å². The van der Waals surface area contributed by atoms with Crippen molar-refractivity contribution in [3.8, 4) is 5.75 Å². The number of nitrogens with one attached hydrogen (secondary N) is 3. The van der Waals surface area contributed by atoms with E-state index in [1.807, 2.05) is 26.0 Å². The Morgan fingerprint density at radius 2 is 1.67 bits per heavy atom. The Morgan fingerprint density at radius 1 is 1.03 bits per heavy atom. The van der Waals surface area contributed by atoms with Crippen molar-refractivity contribution in [2.45, 2.75) is 39.3 Å². The van der Waals surface area contributed by atoms with Crippen molar-refractivity contribution in [3.05, 3.63) is 48.5 Å². The molecule has 0 saturated heterocycles. The van der Waals surface area contributed by atoms with E-state index in [0.717, 1.165) is 0 Å². The number of carbonyl (C=O) groups is 3. The van der Waals surface area contributed by atoms with Gasteiger partial charge >= 0.3 is 6.03 Å². The zero-order valence-electron chi connectivity index (χ0n) is 17.3. The van der Waals surface area contributed by atoms with E-state index in [1.54, 1.807) is 48.2 Å². The highest BCUT2D eigenvalue weighted by Crippen LogP contribution is 2.33. The van der Waals surface area contributed by atoms with Gasteiger partial charge in [0.25, 0.3) is 5.91 Å². The lowest BCUT2D eigenvalue weighted by Gasteiger charge is -2.32. The Hall–Kier alpha value is -3.55. The lowest BCUT2D eigenvalue weighted by Crippen LogP contribution is -2.45. The maximum Gasteiger partial charge on any atom is 0.319 e. The molecule has 1 aliphatic heterocycles. The second kappa shape index (κ2) is 9.30. The van der Waals surface area contributed by atoms with Crippen molar-refractivity contribution >= 4 is 34.9 Å². The molecule has 0 radical (unpaired) electrons. The average molecular weight is 410 g/mol. The van der Waals surface area contributed by atoms with Crippen LogP contribution < -0.4 is 25.6 Å². The van der Waals surface area contributed by atoms with E-state index >= 15 is 0 Å². The summed E-state index contributed by atoms with van der Waals surface area (Å²) in [6, 6.07) is 13.8. The van der Waals surface area contributed by atoms with Crippen molar-refractivity contribution in [3.63, 3.8) is 0 Å². The quantitative estimate of drug-likeness (QED) is 0.680. The molecule has 0 bridgehead atoms. The van der Waals surface area contributed by atoms with E-state index in [1.165, 1.54) is 0 Å². The topological polar surface area (TPSA) is 99.8 Å². The first-order valence-electron chi connectivity index (χ1n) is 9.88. The van der Waals surface area contributed by atoms with E-state index in [2.05, 4.69) is 16.0 Å². The second-order valence-corrected chi connectivity index (χ2v) is 7.31. The number of carbonyl (C=O) groups excluding carboxylic acids is 3. The molecule has 3 rings (SSSR count). The number of urea groups is 1. The number of benzene rings is 2. The normalized spacial score (nSPS) is 15.3. The van der Waals surface area contributed by atoms with Gasteiger partial charge in [0, 0.05) is 19.0 Å². The molecule has 0 saturated carbocycles. The van der Waals surface area contributed by atoms with Crippen LogP contribution in [0.1, 0.15) is 27.2 Å². The highest BCUT2D eigenvalue weighted by Gasteiger charge is 2.31. The number of amides is 4. The van der Waals surface area contributed by atoms with Crippen molar-refractivity contribution < 1.29 is 19.1 Å². The Labute approximate surface area is 175 Å². The molecular formula is C22H26N4O4. The van der Waals surface area contributed by atoms with Crippen LogP contribution in [-0.4, -0.2) is 36.5 Å². The molecule has 1 aliphatic rings. The maximum atomic E-state index is 12.6. The summed E-state index contributed by atoms with van der Waals surface area (Å²) >= 11 is 0. The summed E-state index contributed by atoms with van der Waals surface area (Å²) in [5.74, 6) is 0.169. The Balaban J connectivity index is 1.64. The third-order valence-corrected chi connectivity index (χ3v) is 4.51. The van der Waals surface area contributed by atoms with Crippen molar-refractivity contribution in [2.24, 2.45) is 0 Å². The molecule has 0 aromatic heterocycles. The molecule has 0 spiro atoms. The zero-order valence-corrected chi connectivity index (χ0v) is 17.3. The summed E-state index contributed by atoms with van der Waals surface area (Å²) in [5, 5.41) is 8.28. The van der Waals surface area contributed by atoms with Gasteiger partial charge in [0.15, 0.2) is 6.10 Å². The molecule has 0 aliphatic carbocycles. The van der Waals surface area contributed by atoms with Gasteiger partial charge in [-0.05, 0) is 45.0 Å². The van der Waals surface area contributed by atoms with E-state index in [0.29, 0.717) is 22.8 Å². The summed E-state index contributed by atoms with van der Waals surface area (Å²) in [7, 11) is 0. The number of hydrogen-bond acceptors (Lipinski definition) is 4. The Kier molecular flexibility index (Phi) is 6.56. The average Bonchev–Trinajstić information content (AvgIpc) is 2.69. The lowest BCUT2D eigenvalue weighted by molar-refractivity contribution is -0.125. The molecule has 158 valence electrons. The fraction of sp³-hybridized carbons (Fsp3) is 0.318. The van der Waals surface area contributed by atoms with Gasteiger partial charge in [-0.2, -0.15) is 0 Å². The summed E-state index contributed by atoms with van der Waals surface area (Å²) in [6.07, 6.45) is -0.508. The van der Waals surface area contributed by atoms with Crippen LogP contribution in [0.2, 0.25) is 0 Å². The first kappa shape index (κ1) is 21.2. The second-order valence-electron chi connectivity index (χ2n) is 7.31. The van der Waals surface area contributed by atoms with Gasteiger partial charge < -0.3 is 25.6 Å². The number of nitrogens with zero attached hydrogens (tertiary/aromatic N) is 1. The highest BCUT2D eigenvalue weighted by atomic mass is 16.5. The fourth-order valence-electron chi connectivity index (χ4n) is 3.14. The Morgan fingerprint density at radius 3 is 2.37 bits per heavy atom. The number of ether oxygens (including phenoxy) is 1. The van der Waals surface area contributed by atoms with Crippen LogP contribution in [0, 0.1) is 0 Å². The molecule has 2 aromatic rings. The molecule has 1 unspecified atom stereocenters. The van der Waals surface area contributed by atoms with Gasteiger partial charge in [-0.15, -0.1) is 0 Å². The van der Waals surface area contributed by atoms with Crippen LogP contribution in [0.4, 0.5) is 21.9 Å². The fourth-order valence-corrected chi connectivity index (χ4v) is 3.14. The van der Waals surface area contributed by atoms with Crippen LogP contribution in [-0.2, 0) is 9.59 Å². The van der Waals surface area contributed by atoms with Gasteiger partial charge in [0.05, 0.1) is 17.1 Å². The molecular weight excluding hydrogens is 384 g/mol. The molecule has 30 heavy (non-hydrogen) atoms. The van der Waals surface area contributed by atoms with Gasteiger partial charge in [-0.25, -0.2) is 4.79 Å². The molecule has 3 N–H and O–H groups in total. The van der Waals surface area contributed by atoms with E-state index in [9.17, 15) is 14.4 Å². The molecule has 1 heterocycles. The Bertz CT molecular complexity index is 944. The third-order valence-electron chi connectivity index (χ3n) is 4.51. The molecule has 8 nitrogen and oxygen atoms in total. The number of anilines is 3. The van der Waals surface area contributed by atoms with Crippen molar-refractivity contribution in [2.75, 3.05) is 22.1 Å². The minimum Gasteiger partial charge on any atom is -0.479 e. The third kappa shape index (κ3) is 5.08. The lowest BCUT2D eigenvalue weighted by atomic mass is 10.1. The van der Waals surface area contributed by atoms with E-state index in [4.69, 9.17) is 4.74 Å². The summed E-state index contributed by atoms with van der Waals surface area (Å²) in [4.78, 5) is 38.7. The molecule has 8 heteroatoms. The molecule has 2 aromatic carbocycles. The van der Waals surface area contributed by atoms with Crippen LogP contribution in [0.5, 0.6) is 5.75 Å². The SMILES string of the molecule is CC(C)NC(=O)Nc1ccccc1NC(=O)CCN1C(=O)C(C)Oc2ccccc21. The first-order chi connectivity index (χ1) is 14.3. The monoisotopic (exact) mass is 410 g/mol. The maximum absolute atomic E-state index is 12.6. The summed E-state index contributed by atoms with van der Waals surface area (Å²) in [6.45, 7) is 5.63. The van der Waals surface area contributed by atoms with Crippen LogP contribution >= 0.6 is 0 Å². The van der Waals surface area contributed by atoms with Gasteiger partial charge in [0.2, 0.25) is 5.91 Å². The summed E-state index contributed by atoms with van der Waals surface area (Å²) < 4.78 is 5.62. The van der Waals surface area contributed by atoms with Crippen LogP contribution in [0.15, 0.2) is 48.5 Å². The number of fused-ring (bicyclic) bond motifs is 1. The first-order valence-corrected chi connectivity index (χ1v) is 9.88. The predicted octanol–water partition coefficient (Wildman–Crippen LogP) is 3.36. The highest BCUT2D eigenvalue weighted by molar-refractivity contribution is 6.02. The van der Waals surface area contributed by atoms with Gasteiger partial charge in [-0.3, -0.25) is 9.59 Å². The molecule has 1 atom stereocenters. The van der Waals surface area contributed by atoms with Crippen LogP contribution in [0.3, 0.4) is 0 Å². The number of hydrogen-bond donors (Lipinski definition) is 3. The van der Waals surface area contributed by atoms with E-state index < -0.39 is 6.10 Å².